The summed E-state index contributed by atoms with van der Waals surface area (Å²) in [5.74, 6) is 0.145. The summed E-state index contributed by atoms with van der Waals surface area (Å²) < 4.78 is 21.6. The van der Waals surface area contributed by atoms with Crippen LogP contribution in [0, 0.1) is 5.82 Å². The van der Waals surface area contributed by atoms with Gasteiger partial charge in [0.2, 0.25) is 12.1 Å². The number of rotatable bonds is 2. The molecule has 0 fully saturated rings. The van der Waals surface area contributed by atoms with Crippen LogP contribution in [0.15, 0.2) is 72.0 Å². The van der Waals surface area contributed by atoms with Crippen LogP contribution in [-0.4, -0.2) is 21.2 Å². The molecule has 0 N–H and O–H groups in total. The van der Waals surface area contributed by atoms with Gasteiger partial charge in [-0.05, 0) is 35.9 Å². The van der Waals surface area contributed by atoms with Crippen molar-refractivity contribution in [3.05, 3.63) is 99.4 Å². The average molecular weight is 494 g/mol. The summed E-state index contributed by atoms with van der Waals surface area (Å²) >= 11 is 12.9. The fourth-order valence-electron chi connectivity index (χ4n) is 4.80. The van der Waals surface area contributed by atoms with Gasteiger partial charge in [0, 0.05) is 41.1 Å². The first-order valence-corrected chi connectivity index (χ1v) is 11.5. The fourth-order valence-corrected chi connectivity index (χ4v) is 5.35. The Hall–Kier alpha value is -3.35. The van der Waals surface area contributed by atoms with Gasteiger partial charge in [0.05, 0.1) is 22.3 Å². The number of carbonyl (C=O) groups excluding carboxylic acids is 1. The van der Waals surface area contributed by atoms with Crippen molar-refractivity contribution in [3.63, 3.8) is 0 Å². The van der Waals surface area contributed by atoms with Gasteiger partial charge in [0.1, 0.15) is 11.6 Å². The molecule has 2 aliphatic rings. The van der Waals surface area contributed by atoms with E-state index in [9.17, 15) is 9.18 Å². The number of hydrogen-bond acceptors (Lipinski definition) is 4. The number of hydrazone groups is 1. The summed E-state index contributed by atoms with van der Waals surface area (Å²) in [6.07, 6.45) is 1.75. The zero-order valence-electron chi connectivity index (χ0n) is 18.0. The molecule has 34 heavy (non-hydrogen) atoms. The summed E-state index contributed by atoms with van der Waals surface area (Å²) in [7, 11) is 0. The van der Waals surface area contributed by atoms with E-state index in [0.717, 1.165) is 33.3 Å². The first kappa shape index (κ1) is 21.2. The van der Waals surface area contributed by atoms with Crippen molar-refractivity contribution in [1.82, 2.24) is 9.58 Å². The Labute approximate surface area is 204 Å². The van der Waals surface area contributed by atoms with Crippen LogP contribution < -0.4 is 4.74 Å². The molecule has 0 saturated heterocycles. The number of para-hydroxylation sites is 1. The highest BCUT2D eigenvalue weighted by Gasteiger charge is 2.43. The SMILES string of the molecule is CC(=O)n1cc([C@@H]2Oc3c(Cl)cc(Cl)cc3[C@H]3CC(c4ccc(F)cc4)=NN32)c2ccccc21. The van der Waals surface area contributed by atoms with Crippen molar-refractivity contribution >= 4 is 45.7 Å². The third-order valence-corrected chi connectivity index (χ3v) is 6.83. The highest BCUT2D eigenvalue weighted by atomic mass is 35.5. The van der Waals surface area contributed by atoms with E-state index in [1.807, 2.05) is 35.3 Å². The molecular weight excluding hydrogens is 476 g/mol. The Bertz CT molecular complexity index is 1500. The normalized spacial score (nSPS) is 18.9. The number of benzene rings is 3. The largest absolute Gasteiger partial charge is 0.463 e. The van der Waals surface area contributed by atoms with Crippen LogP contribution in [0.3, 0.4) is 0 Å². The monoisotopic (exact) mass is 493 g/mol. The number of hydrogen-bond donors (Lipinski definition) is 0. The Morgan fingerprint density at radius 1 is 1.09 bits per heavy atom. The molecule has 2 atom stereocenters. The van der Waals surface area contributed by atoms with Crippen molar-refractivity contribution < 1.29 is 13.9 Å². The second-order valence-corrected chi connectivity index (χ2v) is 9.26. The van der Waals surface area contributed by atoms with Crippen LogP contribution in [0.25, 0.3) is 10.9 Å². The lowest BCUT2D eigenvalue weighted by molar-refractivity contribution is -0.0180. The molecule has 0 unspecified atom stereocenters. The van der Waals surface area contributed by atoms with E-state index in [1.165, 1.54) is 19.1 Å². The standard InChI is InChI=1S/C26H18Cl2FN3O2/c1-14(33)31-13-20(18-4-2-3-5-23(18)31)26-32-24(19-10-16(27)11-21(28)25(19)34-26)12-22(30-32)15-6-8-17(29)9-7-15/h2-11,13,24,26H,12H2,1H3/t24-,26+/m1/s1. The number of carbonyl (C=O) groups is 1. The van der Waals surface area contributed by atoms with Gasteiger partial charge in [-0.1, -0.05) is 53.5 Å². The molecule has 0 aliphatic carbocycles. The molecule has 6 rings (SSSR count). The molecule has 0 saturated carbocycles. The summed E-state index contributed by atoms with van der Waals surface area (Å²) in [4.78, 5) is 12.4. The van der Waals surface area contributed by atoms with Crippen molar-refractivity contribution in [2.75, 3.05) is 0 Å². The lowest BCUT2D eigenvalue weighted by atomic mass is 9.95. The molecule has 2 aliphatic heterocycles. The second kappa shape index (κ2) is 7.86. The summed E-state index contributed by atoms with van der Waals surface area (Å²) in [6.45, 7) is 1.52. The van der Waals surface area contributed by atoms with Crippen molar-refractivity contribution in [1.29, 1.82) is 0 Å². The van der Waals surface area contributed by atoms with Crippen LogP contribution in [0.1, 0.15) is 47.1 Å². The smallest absolute Gasteiger partial charge is 0.227 e. The topological polar surface area (TPSA) is 46.8 Å². The van der Waals surface area contributed by atoms with Gasteiger partial charge in [0.15, 0.2) is 0 Å². The predicted octanol–water partition coefficient (Wildman–Crippen LogP) is 6.99. The first-order valence-electron chi connectivity index (χ1n) is 10.8. The van der Waals surface area contributed by atoms with Crippen molar-refractivity contribution in [3.8, 4) is 5.75 Å². The molecule has 3 aromatic carbocycles. The quantitative estimate of drug-likeness (QED) is 0.302. The van der Waals surface area contributed by atoms with E-state index in [-0.39, 0.29) is 17.8 Å². The number of aromatic nitrogens is 1. The second-order valence-electron chi connectivity index (χ2n) is 8.42. The molecule has 0 radical (unpaired) electrons. The number of fused-ring (bicyclic) bond motifs is 4. The first-order chi connectivity index (χ1) is 16.4. The average Bonchev–Trinajstić information content (AvgIpc) is 3.42. The van der Waals surface area contributed by atoms with Crippen molar-refractivity contribution in [2.45, 2.75) is 25.6 Å². The van der Waals surface area contributed by atoms with E-state index in [0.29, 0.717) is 22.2 Å². The van der Waals surface area contributed by atoms with Crippen LogP contribution in [0.2, 0.25) is 10.0 Å². The Kier molecular flexibility index (Phi) is 4.90. The molecular formula is C26H18Cl2FN3O2. The van der Waals surface area contributed by atoms with E-state index >= 15 is 0 Å². The summed E-state index contributed by atoms with van der Waals surface area (Å²) in [6, 6.07) is 17.3. The molecule has 0 amide bonds. The third-order valence-electron chi connectivity index (χ3n) is 6.33. The predicted molar refractivity (Wildman–Crippen MR) is 130 cm³/mol. The lowest BCUT2D eigenvalue weighted by Crippen LogP contribution is -2.33. The molecule has 1 aromatic heterocycles. The molecule has 3 heterocycles. The van der Waals surface area contributed by atoms with Gasteiger partial charge in [-0.2, -0.15) is 5.10 Å². The van der Waals surface area contributed by atoms with Crippen LogP contribution in [0.4, 0.5) is 4.39 Å². The molecule has 5 nitrogen and oxygen atoms in total. The zero-order valence-corrected chi connectivity index (χ0v) is 19.5. The molecule has 0 bridgehead atoms. The molecule has 170 valence electrons. The van der Waals surface area contributed by atoms with Crippen LogP contribution in [0.5, 0.6) is 5.75 Å². The lowest BCUT2D eigenvalue weighted by Gasteiger charge is -2.38. The third kappa shape index (κ3) is 3.29. The number of ether oxygens (including phenoxy) is 1. The van der Waals surface area contributed by atoms with Crippen molar-refractivity contribution in [2.24, 2.45) is 5.10 Å². The van der Waals surface area contributed by atoms with Gasteiger partial charge >= 0.3 is 0 Å². The van der Waals surface area contributed by atoms with Gasteiger partial charge in [-0.15, -0.1) is 0 Å². The Morgan fingerprint density at radius 2 is 1.85 bits per heavy atom. The van der Waals surface area contributed by atoms with E-state index in [2.05, 4.69) is 0 Å². The molecule has 4 aromatic rings. The van der Waals surface area contributed by atoms with Gasteiger partial charge in [0.25, 0.3) is 0 Å². The maximum absolute atomic E-state index is 13.5. The minimum absolute atomic E-state index is 0.100. The van der Waals surface area contributed by atoms with E-state index in [4.69, 9.17) is 33.0 Å². The Morgan fingerprint density at radius 3 is 2.62 bits per heavy atom. The number of halogens is 3. The van der Waals surface area contributed by atoms with Gasteiger partial charge < -0.3 is 4.74 Å². The maximum atomic E-state index is 13.5. The van der Waals surface area contributed by atoms with Crippen LogP contribution in [-0.2, 0) is 0 Å². The minimum atomic E-state index is -0.625. The summed E-state index contributed by atoms with van der Waals surface area (Å²) in [5, 5.41) is 8.61. The van der Waals surface area contributed by atoms with E-state index < -0.39 is 6.23 Å². The van der Waals surface area contributed by atoms with Crippen LogP contribution >= 0.6 is 23.2 Å². The minimum Gasteiger partial charge on any atom is -0.463 e. The Balaban J connectivity index is 1.54. The molecule has 0 spiro atoms. The summed E-state index contributed by atoms with van der Waals surface area (Å²) in [5.41, 5.74) is 4.06. The van der Waals surface area contributed by atoms with Gasteiger partial charge in [-0.3, -0.25) is 9.36 Å². The zero-order chi connectivity index (χ0) is 23.6. The highest BCUT2D eigenvalue weighted by Crippen LogP contribution is 2.51. The van der Waals surface area contributed by atoms with E-state index in [1.54, 1.807) is 29.0 Å². The fraction of sp³-hybridized carbons (Fsp3) is 0.154. The number of nitrogens with zero attached hydrogens (tertiary/aromatic N) is 3. The molecule has 8 heteroatoms. The highest BCUT2D eigenvalue weighted by molar-refractivity contribution is 6.35. The maximum Gasteiger partial charge on any atom is 0.227 e. The van der Waals surface area contributed by atoms with Gasteiger partial charge in [-0.25, -0.2) is 9.40 Å².